The van der Waals surface area contributed by atoms with Crippen molar-refractivity contribution in [1.82, 2.24) is 14.3 Å². The van der Waals surface area contributed by atoms with Gasteiger partial charge in [-0.2, -0.15) is 17.5 Å². The van der Waals surface area contributed by atoms with Crippen molar-refractivity contribution < 1.29 is 36.9 Å². The Labute approximate surface area is 171 Å². The number of halogens is 4. The molecule has 0 radical (unpaired) electrons. The summed E-state index contributed by atoms with van der Waals surface area (Å²) in [5, 5.41) is 8.89. The number of rotatable bonds is 7. The van der Waals surface area contributed by atoms with Crippen molar-refractivity contribution in [2.24, 2.45) is 0 Å². The molecule has 1 atom stereocenters. The lowest BCUT2D eigenvalue weighted by molar-refractivity contribution is -0.154. The van der Waals surface area contributed by atoms with Crippen LogP contribution < -0.4 is 9.47 Å². The molecular formula is C18H13F4N3O4S. The zero-order valence-corrected chi connectivity index (χ0v) is 16.0. The molecule has 0 saturated carbocycles. The van der Waals surface area contributed by atoms with Gasteiger partial charge in [0.2, 0.25) is 11.8 Å². The van der Waals surface area contributed by atoms with E-state index in [-0.39, 0.29) is 11.8 Å². The van der Waals surface area contributed by atoms with Gasteiger partial charge in [0.05, 0.1) is 28.5 Å². The molecule has 12 heteroatoms. The normalized spacial score (nSPS) is 12.4. The highest BCUT2D eigenvalue weighted by Crippen LogP contribution is 2.29. The van der Waals surface area contributed by atoms with Crippen LogP contribution in [-0.2, 0) is 0 Å². The molecule has 0 aliphatic carbocycles. The minimum Gasteiger partial charge on any atom is -0.478 e. The number of aromatic nitrogens is 3. The summed E-state index contributed by atoms with van der Waals surface area (Å²) in [6, 6.07) is 5.34. The summed E-state index contributed by atoms with van der Waals surface area (Å²) in [4.78, 5) is 19.1. The van der Waals surface area contributed by atoms with E-state index < -0.39 is 36.2 Å². The van der Waals surface area contributed by atoms with Crippen LogP contribution in [0.25, 0.3) is 11.3 Å². The topological polar surface area (TPSA) is 94.4 Å². The number of nitrogens with zero attached hydrogens (tertiary/aromatic N) is 3. The molecule has 0 aliphatic rings. The van der Waals surface area contributed by atoms with E-state index in [2.05, 4.69) is 19.1 Å². The summed E-state index contributed by atoms with van der Waals surface area (Å²) in [6.45, 7) is 0.219. The highest BCUT2D eigenvalue weighted by Gasteiger charge is 2.28. The largest absolute Gasteiger partial charge is 0.478 e. The second-order valence-corrected chi connectivity index (χ2v) is 6.81. The molecule has 1 unspecified atom stereocenters. The van der Waals surface area contributed by atoms with Gasteiger partial charge in [-0.3, -0.25) is 0 Å². The molecule has 2 aromatic heterocycles. The molecule has 7 nitrogen and oxygen atoms in total. The average Bonchev–Trinajstić information content (AvgIpc) is 3.17. The van der Waals surface area contributed by atoms with Crippen LogP contribution in [0.15, 0.2) is 36.7 Å². The van der Waals surface area contributed by atoms with E-state index >= 15 is 0 Å². The zero-order valence-electron chi connectivity index (χ0n) is 15.2. The van der Waals surface area contributed by atoms with Crippen LogP contribution in [0.2, 0.25) is 0 Å². The fourth-order valence-corrected chi connectivity index (χ4v) is 3.02. The van der Waals surface area contributed by atoms with Crippen LogP contribution in [0, 0.1) is 5.82 Å². The number of alkyl halides is 3. The third-order valence-corrected chi connectivity index (χ3v) is 4.66. The molecule has 3 aromatic rings. The van der Waals surface area contributed by atoms with Crippen molar-refractivity contribution in [3.05, 3.63) is 52.9 Å². The van der Waals surface area contributed by atoms with Crippen molar-refractivity contribution in [1.29, 1.82) is 0 Å². The first-order valence-corrected chi connectivity index (χ1v) is 9.08. The molecule has 0 aliphatic heterocycles. The summed E-state index contributed by atoms with van der Waals surface area (Å²) in [7, 11) is 0. The second kappa shape index (κ2) is 8.61. The van der Waals surface area contributed by atoms with Gasteiger partial charge in [0.1, 0.15) is 11.9 Å². The Hall–Kier alpha value is -3.28. The molecule has 2 heterocycles. The Morgan fingerprint density at radius 3 is 2.50 bits per heavy atom. The number of ether oxygens (including phenoxy) is 2. The number of carboxylic acid groups (broad SMARTS) is 1. The lowest BCUT2D eigenvalue weighted by Crippen LogP contribution is -2.19. The van der Waals surface area contributed by atoms with Gasteiger partial charge >= 0.3 is 12.1 Å². The molecular weight excluding hydrogens is 430 g/mol. The maximum atomic E-state index is 13.9. The molecule has 0 fully saturated rings. The van der Waals surface area contributed by atoms with E-state index in [0.717, 1.165) is 36.1 Å². The van der Waals surface area contributed by atoms with Crippen LogP contribution in [0.4, 0.5) is 17.6 Å². The lowest BCUT2D eigenvalue weighted by atomic mass is 10.1. The quantitative estimate of drug-likeness (QED) is 0.537. The zero-order chi connectivity index (χ0) is 21.9. The molecule has 158 valence electrons. The number of carbonyl (C=O) groups is 1. The molecule has 1 N–H and O–H groups in total. The smallest absolute Gasteiger partial charge is 0.422 e. The maximum Gasteiger partial charge on any atom is 0.422 e. The fourth-order valence-electron chi connectivity index (χ4n) is 2.30. The fraction of sp³-hybridized carbons (Fsp3) is 0.222. The molecule has 1 aromatic carbocycles. The standard InChI is InChI=1S/C18H13F4N3O4S/c1-9(29-16-7-23-15(6-24-16)28-8-18(20,21)22)14-5-13(25-30-14)10-2-3-11(17(26)27)12(19)4-10/h2-7,9H,8H2,1H3,(H,26,27). The van der Waals surface area contributed by atoms with Gasteiger partial charge in [-0.15, -0.1) is 0 Å². The van der Waals surface area contributed by atoms with Crippen molar-refractivity contribution in [3.63, 3.8) is 0 Å². The Morgan fingerprint density at radius 2 is 1.90 bits per heavy atom. The molecule has 0 spiro atoms. The predicted octanol–water partition coefficient (Wildman–Crippen LogP) is 4.52. The Balaban J connectivity index is 1.66. The van der Waals surface area contributed by atoms with E-state index in [0.29, 0.717) is 16.1 Å². The van der Waals surface area contributed by atoms with Crippen LogP contribution >= 0.6 is 11.5 Å². The van der Waals surface area contributed by atoms with E-state index in [4.69, 9.17) is 9.84 Å². The van der Waals surface area contributed by atoms with Crippen LogP contribution in [0.3, 0.4) is 0 Å². The predicted molar refractivity (Wildman–Crippen MR) is 97.1 cm³/mol. The highest BCUT2D eigenvalue weighted by atomic mass is 32.1. The molecule has 30 heavy (non-hydrogen) atoms. The van der Waals surface area contributed by atoms with Gasteiger partial charge in [-0.1, -0.05) is 6.07 Å². The van der Waals surface area contributed by atoms with E-state index in [1.54, 1.807) is 13.0 Å². The number of benzene rings is 1. The first-order valence-electron chi connectivity index (χ1n) is 8.30. The summed E-state index contributed by atoms with van der Waals surface area (Å²) in [5.74, 6) is -2.47. The molecule has 0 saturated heterocycles. The van der Waals surface area contributed by atoms with Gasteiger partial charge in [-0.25, -0.2) is 19.2 Å². The first-order chi connectivity index (χ1) is 14.1. The summed E-state index contributed by atoms with van der Waals surface area (Å²) in [6.07, 6.45) is -2.87. The number of hydrogen-bond donors (Lipinski definition) is 1. The highest BCUT2D eigenvalue weighted by molar-refractivity contribution is 7.06. The van der Waals surface area contributed by atoms with Crippen molar-refractivity contribution in [3.8, 4) is 23.0 Å². The Bertz CT molecular complexity index is 1040. The van der Waals surface area contributed by atoms with Crippen molar-refractivity contribution in [2.45, 2.75) is 19.2 Å². The molecule has 0 bridgehead atoms. The molecule has 3 rings (SSSR count). The average molecular weight is 443 g/mol. The summed E-state index contributed by atoms with van der Waals surface area (Å²) < 4.78 is 64.5. The van der Waals surface area contributed by atoms with Gasteiger partial charge in [0.15, 0.2) is 6.61 Å². The third-order valence-electron chi connectivity index (χ3n) is 3.71. The van der Waals surface area contributed by atoms with Crippen molar-refractivity contribution >= 4 is 17.5 Å². The number of hydrogen-bond acceptors (Lipinski definition) is 7. The minimum atomic E-state index is -4.48. The number of aromatic carboxylic acids is 1. The monoisotopic (exact) mass is 443 g/mol. The Morgan fingerprint density at radius 1 is 1.20 bits per heavy atom. The number of carboxylic acids is 1. The SMILES string of the molecule is CC(Oc1cnc(OCC(F)(F)F)cn1)c1cc(-c2ccc(C(=O)O)c(F)c2)ns1. The second-order valence-electron chi connectivity index (χ2n) is 5.97. The van der Waals surface area contributed by atoms with Gasteiger partial charge < -0.3 is 14.6 Å². The van der Waals surface area contributed by atoms with Gasteiger partial charge in [0.25, 0.3) is 0 Å². The van der Waals surface area contributed by atoms with E-state index in [9.17, 15) is 22.4 Å². The van der Waals surface area contributed by atoms with Crippen molar-refractivity contribution in [2.75, 3.05) is 6.61 Å². The Kier molecular flexibility index (Phi) is 6.15. The van der Waals surface area contributed by atoms with Crippen LogP contribution in [0.1, 0.15) is 28.3 Å². The maximum absolute atomic E-state index is 13.9. The minimum absolute atomic E-state index is 0.0636. The first kappa shape index (κ1) is 21.4. The third kappa shape index (κ3) is 5.41. The lowest BCUT2D eigenvalue weighted by Gasteiger charge is -2.12. The van der Waals surface area contributed by atoms with Gasteiger partial charge in [0, 0.05) is 5.56 Å². The summed E-state index contributed by atoms with van der Waals surface area (Å²) in [5.41, 5.74) is 0.397. The van der Waals surface area contributed by atoms with Gasteiger partial charge in [-0.05, 0) is 36.7 Å². The summed E-state index contributed by atoms with van der Waals surface area (Å²) >= 11 is 1.09. The van der Waals surface area contributed by atoms with E-state index in [1.807, 2.05) is 0 Å². The van der Waals surface area contributed by atoms with E-state index in [1.165, 1.54) is 6.07 Å². The van der Waals surface area contributed by atoms with Crippen LogP contribution in [-0.4, -0.2) is 38.2 Å². The van der Waals surface area contributed by atoms with Crippen LogP contribution in [0.5, 0.6) is 11.8 Å². The molecule has 0 amide bonds.